The molecule has 0 bridgehead atoms. The van der Waals surface area contributed by atoms with Crippen LogP contribution in [-0.2, 0) is 0 Å². The maximum absolute atomic E-state index is 10.7. The van der Waals surface area contributed by atoms with Gasteiger partial charge in [0.25, 0.3) is 0 Å². The maximum Gasteiger partial charge on any atom is -1.00 e. The van der Waals surface area contributed by atoms with Crippen molar-refractivity contribution in [3.05, 3.63) is 0 Å². The average molecular weight is 180 g/mol. The van der Waals surface area contributed by atoms with Gasteiger partial charge < -0.3 is 12.4 Å². The predicted octanol–water partition coefficient (Wildman–Crippen LogP) is 0.386. The fourth-order valence-corrected chi connectivity index (χ4v) is 0. The fourth-order valence-electron chi connectivity index (χ4n) is 0. The Kier molecular flexibility index (Phi) is 1.72. The molecule has 0 spiro atoms. The third kappa shape index (κ3) is 1970. The zero-order chi connectivity index (χ0) is 6.41. The Hall–Kier alpha value is 0.300. The van der Waals surface area contributed by atoms with Crippen LogP contribution < -0.4 is 12.4 Å². The van der Waals surface area contributed by atoms with Crippen LogP contribution in [0.3, 0.4) is 0 Å². The van der Waals surface area contributed by atoms with Crippen molar-refractivity contribution < 1.29 is 37.6 Å². The maximum atomic E-state index is 9.87. The summed E-state index contributed by atoms with van der Waals surface area (Å²) in [4.78, 5) is 0. The molecule has 0 fully saturated rings. The Labute approximate surface area is 46.5 Å². The number of hydrogen-bond acceptors (Lipinski definition) is 0. The molecule has 0 radical (unpaired) electrons. The average Bonchev–Trinajstić information content (AvgIpc) is 0.592. The SMILES string of the molecule is F[P-](F)(F)(F)(F)F.[Cl-]. The Bertz CT molecular complexity index is 67.1. The zero-order valence-electron chi connectivity index (χ0n) is 3.09. The van der Waals surface area contributed by atoms with Crippen molar-refractivity contribution in [1.29, 1.82) is 0 Å². The van der Waals surface area contributed by atoms with Gasteiger partial charge in [-0.25, -0.2) is 0 Å². The monoisotopic (exact) mass is 180 g/mol. The summed E-state index contributed by atoms with van der Waals surface area (Å²) in [6, 6.07) is 0. The van der Waals surface area contributed by atoms with E-state index in [1.807, 2.05) is 0 Å². The molecule has 56 valence electrons. The van der Waals surface area contributed by atoms with Gasteiger partial charge in [0, 0.05) is 0 Å². The first-order valence-electron chi connectivity index (χ1n) is 1.01. The van der Waals surface area contributed by atoms with Crippen molar-refractivity contribution in [2.24, 2.45) is 0 Å². The minimum absolute atomic E-state index is 0. The standard InChI is InChI=1S/ClH.F6P/c;1-7(2,3,4,5)6/h1H;/q;-1/p-1. The quantitative estimate of drug-likeness (QED) is 0.374. The van der Waals surface area contributed by atoms with Crippen LogP contribution in [-0.4, -0.2) is 0 Å². The summed E-state index contributed by atoms with van der Waals surface area (Å²) >= 11 is 0. The van der Waals surface area contributed by atoms with Gasteiger partial charge in [0.05, 0.1) is 0 Å². The molecule has 0 aliphatic rings. The van der Waals surface area contributed by atoms with Gasteiger partial charge in [0.15, 0.2) is 0 Å². The summed E-state index contributed by atoms with van der Waals surface area (Å²) in [7, 11) is -10.7. The minimum atomic E-state index is -10.7. The summed E-state index contributed by atoms with van der Waals surface area (Å²) in [5, 5.41) is 0. The topological polar surface area (TPSA) is 0 Å². The van der Waals surface area contributed by atoms with Gasteiger partial charge >= 0.3 is 33.0 Å². The van der Waals surface area contributed by atoms with Crippen LogP contribution in [0.5, 0.6) is 0 Å². The molecule has 0 unspecified atom stereocenters. The molecule has 0 rings (SSSR count). The number of rotatable bonds is 0. The number of halogens is 7. The van der Waals surface area contributed by atoms with Crippen LogP contribution in [0.1, 0.15) is 0 Å². The minimum Gasteiger partial charge on any atom is -1.00 e. The van der Waals surface area contributed by atoms with Gasteiger partial charge in [0.2, 0.25) is 0 Å². The van der Waals surface area contributed by atoms with E-state index < -0.39 is 7.81 Å². The molecule has 0 nitrogen and oxygen atoms in total. The Balaban J connectivity index is 0. The van der Waals surface area contributed by atoms with Crippen LogP contribution in [0.2, 0.25) is 0 Å². The molecule has 0 N–H and O–H groups in total. The van der Waals surface area contributed by atoms with Crippen LogP contribution in [0.4, 0.5) is 25.2 Å². The Morgan fingerprint density at radius 3 is 0.625 bits per heavy atom. The molecule has 0 atom stereocenters. The first-order chi connectivity index (χ1) is 2.45. The molecule has 0 aromatic rings. The molecular weight excluding hydrogens is 180 g/mol. The molecule has 0 aromatic heterocycles. The van der Waals surface area contributed by atoms with Gasteiger partial charge in [-0.15, -0.1) is 0 Å². The zero-order valence-corrected chi connectivity index (χ0v) is 4.74. The third-order valence-corrected chi connectivity index (χ3v) is 0. The van der Waals surface area contributed by atoms with E-state index in [-0.39, 0.29) is 12.4 Å². The van der Waals surface area contributed by atoms with Crippen molar-refractivity contribution in [3.63, 3.8) is 0 Å². The van der Waals surface area contributed by atoms with E-state index in [2.05, 4.69) is 0 Å². The normalized spacial score (nSPS) is 20.2. The smallest absolute Gasteiger partial charge is 1.00 e. The third-order valence-electron chi connectivity index (χ3n) is 0. The van der Waals surface area contributed by atoms with E-state index in [0.29, 0.717) is 0 Å². The fraction of sp³-hybridized carbons (Fsp3) is 0. The van der Waals surface area contributed by atoms with Gasteiger partial charge in [-0.2, -0.15) is 0 Å². The Morgan fingerprint density at radius 1 is 0.625 bits per heavy atom. The summed E-state index contributed by atoms with van der Waals surface area (Å²) in [6.07, 6.45) is 0. The second kappa shape index (κ2) is 1.24. The molecule has 0 saturated heterocycles. The van der Waals surface area contributed by atoms with Crippen molar-refractivity contribution in [1.82, 2.24) is 0 Å². The summed E-state index contributed by atoms with van der Waals surface area (Å²) in [6.45, 7) is 0. The van der Waals surface area contributed by atoms with E-state index in [0.717, 1.165) is 0 Å². The van der Waals surface area contributed by atoms with Crippen molar-refractivity contribution in [2.45, 2.75) is 0 Å². The first kappa shape index (κ1) is 11.1. The van der Waals surface area contributed by atoms with Gasteiger partial charge in [0.1, 0.15) is 0 Å². The molecule has 0 aromatic carbocycles. The van der Waals surface area contributed by atoms with Crippen LogP contribution in [0.15, 0.2) is 0 Å². The van der Waals surface area contributed by atoms with E-state index in [9.17, 15) is 25.2 Å². The second-order valence-corrected chi connectivity index (χ2v) is 2.87. The molecule has 0 aliphatic carbocycles. The van der Waals surface area contributed by atoms with Gasteiger partial charge in [-0.05, 0) is 0 Å². The van der Waals surface area contributed by atoms with Crippen LogP contribution in [0, 0.1) is 0 Å². The van der Waals surface area contributed by atoms with Crippen molar-refractivity contribution in [2.75, 3.05) is 0 Å². The van der Waals surface area contributed by atoms with E-state index >= 15 is 0 Å². The number of hydrogen-bond donors (Lipinski definition) is 0. The summed E-state index contributed by atoms with van der Waals surface area (Å²) in [5.41, 5.74) is 0. The van der Waals surface area contributed by atoms with Gasteiger partial charge in [-0.3, -0.25) is 0 Å². The van der Waals surface area contributed by atoms with Crippen molar-refractivity contribution in [3.8, 4) is 0 Å². The predicted molar refractivity (Wildman–Crippen MR) is 13.6 cm³/mol. The summed E-state index contributed by atoms with van der Waals surface area (Å²) < 4.78 is 59.2. The van der Waals surface area contributed by atoms with E-state index in [1.165, 1.54) is 0 Å². The molecule has 8 heteroatoms. The summed E-state index contributed by atoms with van der Waals surface area (Å²) in [5.74, 6) is 0. The molecule has 8 heavy (non-hydrogen) atoms. The largest absolute Gasteiger partial charge is 1.00 e. The molecule has 0 saturated carbocycles. The van der Waals surface area contributed by atoms with E-state index in [1.54, 1.807) is 0 Å². The van der Waals surface area contributed by atoms with Crippen LogP contribution in [0.25, 0.3) is 0 Å². The molecule has 0 amide bonds. The Morgan fingerprint density at radius 2 is 0.625 bits per heavy atom. The molecular formula is ClF6P-2. The first-order valence-corrected chi connectivity index (χ1v) is 3.04. The van der Waals surface area contributed by atoms with Crippen LogP contribution >= 0.6 is 7.81 Å². The molecule has 0 heterocycles. The second-order valence-electron chi connectivity index (χ2n) is 0.958. The van der Waals surface area contributed by atoms with E-state index in [4.69, 9.17) is 0 Å². The molecule has 0 aliphatic heterocycles. The van der Waals surface area contributed by atoms with Crippen molar-refractivity contribution >= 4 is 7.81 Å². The van der Waals surface area contributed by atoms with Gasteiger partial charge in [-0.1, -0.05) is 0 Å².